The molecule has 0 aliphatic heterocycles. The first-order chi connectivity index (χ1) is 10.2. The van der Waals surface area contributed by atoms with Crippen LogP contribution in [0.3, 0.4) is 0 Å². The second-order valence-electron chi connectivity index (χ2n) is 6.83. The summed E-state index contributed by atoms with van der Waals surface area (Å²) in [5.74, 6) is 5.67. The zero-order valence-corrected chi connectivity index (χ0v) is 13.2. The van der Waals surface area contributed by atoms with Gasteiger partial charge in [-0.2, -0.15) is 0 Å². The van der Waals surface area contributed by atoms with E-state index >= 15 is 0 Å². The molecule has 4 unspecified atom stereocenters. The quantitative estimate of drug-likeness (QED) is 0.875. The molecule has 21 heavy (non-hydrogen) atoms. The van der Waals surface area contributed by atoms with E-state index < -0.39 is 0 Å². The third-order valence-electron chi connectivity index (χ3n) is 5.92. The average Bonchev–Trinajstić information content (AvgIpc) is 2.81. The molecule has 1 aromatic heterocycles. The SMILES string of the molecule is Nc1noc(C2C3C4CCC(C4)C23)c1-c1ccc(Br)cc1. The van der Waals surface area contributed by atoms with E-state index in [1.54, 1.807) is 0 Å². The lowest BCUT2D eigenvalue weighted by Crippen LogP contribution is -1.98. The molecule has 0 radical (unpaired) electrons. The van der Waals surface area contributed by atoms with Gasteiger partial charge in [0.15, 0.2) is 5.82 Å². The maximum atomic E-state index is 6.10. The van der Waals surface area contributed by atoms with E-state index in [0.29, 0.717) is 11.7 Å². The highest BCUT2D eigenvalue weighted by Crippen LogP contribution is 2.73. The molecule has 0 spiro atoms. The molecule has 0 amide bonds. The van der Waals surface area contributed by atoms with E-state index in [4.69, 9.17) is 10.3 Å². The van der Waals surface area contributed by atoms with E-state index in [-0.39, 0.29) is 0 Å². The van der Waals surface area contributed by atoms with Crippen molar-refractivity contribution in [3.8, 4) is 11.1 Å². The van der Waals surface area contributed by atoms with Gasteiger partial charge in [0.2, 0.25) is 0 Å². The third kappa shape index (κ3) is 1.62. The number of nitrogen functional groups attached to an aromatic ring is 1. The number of nitrogens with two attached hydrogens (primary N) is 1. The summed E-state index contributed by atoms with van der Waals surface area (Å²) in [6, 6.07) is 8.26. The van der Waals surface area contributed by atoms with Gasteiger partial charge < -0.3 is 10.3 Å². The molecule has 3 nitrogen and oxygen atoms in total. The van der Waals surface area contributed by atoms with E-state index in [1.807, 2.05) is 12.1 Å². The van der Waals surface area contributed by atoms with Crippen LogP contribution in [0.2, 0.25) is 0 Å². The summed E-state index contributed by atoms with van der Waals surface area (Å²) in [7, 11) is 0. The number of benzene rings is 1. The predicted molar refractivity (Wildman–Crippen MR) is 84.6 cm³/mol. The summed E-state index contributed by atoms with van der Waals surface area (Å²) >= 11 is 3.48. The molecule has 4 heteroatoms. The number of hydrogen-bond acceptors (Lipinski definition) is 3. The molecule has 2 bridgehead atoms. The van der Waals surface area contributed by atoms with Crippen LogP contribution in [-0.4, -0.2) is 5.16 Å². The van der Waals surface area contributed by atoms with Gasteiger partial charge in [-0.1, -0.05) is 33.2 Å². The van der Waals surface area contributed by atoms with Crippen LogP contribution in [0.5, 0.6) is 0 Å². The first kappa shape index (κ1) is 12.3. The van der Waals surface area contributed by atoms with Crippen LogP contribution >= 0.6 is 15.9 Å². The van der Waals surface area contributed by atoms with Gasteiger partial charge in [0, 0.05) is 10.4 Å². The van der Waals surface area contributed by atoms with E-state index in [1.165, 1.54) is 19.3 Å². The number of rotatable bonds is 2. The second kappa shape index (κ2) is 4.13. The number of fused-ring (bicyclic) bond motifs is 5. The van der Waals surface area contributed by atoms with E-state index in [9.17, 15) is 0 Å². The standard InChI is InChI=1S/C17H17BrN2O/c18-11-5-3-8(4-6-11)14-16(21-20-17(14)19)15-12-9-1-2-10(7-9)13(12)15/h3-6,9-10,12-13,15H,1-2,7H2,(H2,19,20). The van der Waals surface area contributed by atoms with Crippen LogP contribution in [0.4, 0.5) is 5.82 Å². The van der Waals surface area contributed by atoms with Gasteiger partial charge in [0.05, 0.1) is 5.56 Å². The molecule has 3 aliphatic carbocycles. The number of hydrogen-bond donors (Lipinski definition) is 1. The Kier molecular flexibility index (Phi) is 2.41. The van der Waals surface area contributed by atoms with E-state index in [0.717, 1.165) is 45.0 Å². The summed E-state index contributed by atoms with van der Waals surface area (Å²) in [6.45, 7) is 0. The van der Waals surface area contributed by atoms with Crippen LogP contribution in [0.25, 0.3) is 11.1 Å². The molecular weight excluding hydrogens is 328 g/mol. The second-order valence-corrected chi connectivity index (χ2v) is 7.74. The van der Waals surface area contributed by atoms with Gasteiger partial charge in [-0.25, -0.2) is 0 Å². The van der Waals surface area contributed by atoms with Crippen molar-refractivity contribution >= 4 is 21.7 Å². The topological polar surface area (TPSA) is 52.0 Å². The minimum atomic E-state index is 0.532. The molecule has 3 aliphatic rings. The van der Waals surface area contributed by atoms with E-state index in [2.05, 4.69) is 33.2 Å². The Morgan fingerprint density at radius 2 is 1.76 bits per heavy atom. The summed E-state index contributed by atoms with van der Waals surface area (Å²) < 4.78 is 6.75. The Hall–Kier alpha value is -1.29. The van der Waals surface area contributed by atoms with Gasteiger partial charge in [0.25, 0.3) is 0 Å². The summed E-state index contributed by atoms with van der Waals surface area (Å²) in [6.07, 6.45) is 4.28. The van der Waals surface area contributed by atoms with Crippen molar-refractivity contribution < 1.29 is 4.52 Å². The Morgan fingerprint density at radius 3 is 2.43 bits per heavy atom. The summed E-state index contributed by atoms with van der Waals surface area (Å²) in [5, 5.41) is 4.07. The minimum absolute atomic E-state index is 0.532. The van der Waals surface area contributed by atoms with Gasteiger partial charge in [0.1, 0.15) is 5.76 Å². The molecule has 108 valence electrons. The van der Waals surface area contributed by atoms with Crippen molar-refractivity contribution in [2.24, 2.45) is 23.7 Å². The average molecular weight is 345 g/mol. The molecular formula is C17H17BrN2O. The summed E-state index contributed by atoms with van der Waals surface area (Å²) in [4.78, 5) is 0. The molecule has 3 saturated carbocycles. The Bertz CT molecular complexity index is 692. The van der Waals surface area contributed by atoms with Gasteiger partial charge in [-0.15, -0.1) is 0 Å². The zero-order chi connectivity index (χ0) is 14.1. The predicted octanol–water partition coefficient (Wildman–Crippen LogP) is 4.45. The molecule has 2 N–H and O–H groups in total. The normalized spacial score (nSPS) is 36.0. The molecule has 3 fully saturated rings. The van der Waals surface area contributed by atoms with Gasteiger partial charge >= 0.3 is 0 Å². The van der Waals surface area contributed by atoms with Crippen LogP contribution < -0.4 is 5.73 Å². The van der Waals surface area contributed by atoms with Crippen LogP contribution in [0.1, 0.15) is 30.9 Å². The first-order valence-electron chi connectivity index (χ1n) is 7.75. The highest BCUT2D eigenvalue weighted by atomic mass is 79.9. The molecule has 5 rings (SSSR count). The molecule has 0 saturated heterocycles. The molecule has 1 heterocycles. The van der Waals surface area contributed by atoms with Crippen LogP contribution in [-0.2, 0) is 0 Å². The molecule has 4 atom stereocenters. The number of halogens is 1. The number of aromatic nitrogens is 1. The fourth-order valence-corrected chi connectivity index (χ4v) is 5.39. The van der Waals surface area contributed by atoms with Crippen LogP contribution in [0.15, 0.2) is 33.3 Å². The molecule has 2 aromatic rings. The third-order valence-corrected chi connectivity index (χ3v) is 6.44. The Labute approximate surface area is 132 Å². The largest absolute Gasteiger partial charge is 0.380 e. The van der Waals surface area contributed by atoms with Crippen LogP contribution in [0, 0.1) is 23.7 Å². The Morgan fingerprint density at radius 1 is 1.10 bits per heavy atom. The lowest BCUT2D eigenvalue weighted by Gasteiger charge is -2.08. The highest BCUT2D eigenvalue weighted by Gasteiger charge is 2.67. The maximum Gasteiger partial charge on any atom is 0.175 e. The van der Waals surface area contributed by atoms with Gasteiger partial charge in [-0.05, 0) is 60.6 Å². The number of anilines is 1. The van der Waals surface area contributed by atoms with Crippen molar-refractivity contribution in [1.29, 1.82) is 0 Å². The minimum Gasteiger partial charge on any atom is -0.380 e. The fraction of sp³-hybridized carbons (Fsp3) is 0.471. The smallest absolute Gasteiger partial charge is 0.175 e. The highest BCUT2D eigenvalue weighted by molar-refractivity contribution is 9.10. The lowest BCUT2D eigenvalue weighted by atomic mass is 9.96. The van der Waals surface area contributed by atoms with Crippen molar-refractivity contribution in [2.45, 2.75) is 25.2 Å². The number of nitrogens with zero attached hydrogens (tertiary/aromatic N) is 1. The lowest BCUT2D eigenvalue weighted by molar-refractivity contribution is 0.365. The monoisotopic (exact) mass is 344 g/mol. The van der Waals surface area contributed by atoms with Gasteiger partial charge in [-0.3, -0.25) is 0 Å². The Balaban J connectivity index is 1.56. The van der Waals surface area contributed by atoms with Crippen molar-refractivity contribution in [3.05, 3.63) is 34.5 Å². The first-order valence-corrected chi connectivity index (χ1v) is 8.54. The fourth-order valence-electron chi connectivity index (χ4n) is 5.13. The van der Waals surface area contributed by atoms with Crippen molar-refractivity contribution in [3.63, 3.8) is 0 Å². The summed E-state index contributed by atoms with van der Waals surface area (Å²) in [5.41, 5.74) is 8.24. The zero-order valence-electron chi connectivity index (χ0n) is 11.6. The maximum absolute atomic E-state index is 6.10. The molecule has 1 aromatic carbocycles. The van der Waals surface area contributed by atoms with Crippen molar-refractivity contribution in [2.75, 3.05) is 5.73 Å². The van der Waals surface area contributed by atoms with Crippen molar-refractivity contribution in [1.82, 2.24) is 5.16 Å².